The van der Waals surface area contributed by atoms with Gasteiger partial charge in [-0.1, -0.05) is 0 Å². The van der Waals surface area contributed by atoms with Crippen molar-refractivity contribution in [1.82, 2.24) is 4.98 Å². The van der Waals surface area contributed by atoms with E-state index < -0.39 is 5.97 Å². The maximum absolute atomic E-state index is 10.8. The second-order valence-electron chi connectivity index (χ2n) is 3.06. The Balaban J connectivity index is 2.35. The zero-order valence-electron chi connectivity index (χ0n) is 8.18. The molecule has 0 radical (unpaired) electrons. The van der Waals surface area contributed by atoms with E-state index in [0.717, 1.165) is 5.69 Å². The molecule has 0 aromatic carbocycles. The lowest BCUT2D eigenvalue weighted by molar-refractivity contribution is 0.0698. The van der Waals surface area contributed by atoms with E-state index in [2.05, 4.69) is 10.3 Å². The molecule has 0 aliphatic rings. The van der Waals surface area contributed by atoms with Crippen molar-refractivity contribution in [3.8, 4) is 0 Å². The van der Waals surface area contributed by atoms with E-state index in [-0.39, 0.29) is 11.3 Å². The first-order chi connectivity index (χ1) is 7.68. The van der Waals surface area contributed by atoms with Gasteiger partial charge in [0.15, 0.2) is 5.82 Å². The number of nitrogen functional groups attached to an aromatic ring is 1. The molecule has 0 amide bonds. The molecule has 0 saturated carbocycles. The number of nitrogens with two attached hydrogens (primary N) is 1. The van der Waals surface area contributed by atoms with Gasteiger partial charge in [-0.05, 0) is 17.5 Å². The Morgan fingerprint density at radius 3 is 2.94 bits per heavy atom. The summed E-state index contributed by atoms with van der Waals surface area (Å²) in [5.74, 6) is -0.702. The molecule has 2 aromatic rings. The SMILES string of the molecule is Nc1c(C(=O)O)ccnc1Nc1ccsc1. The molecule has 82 valence electrons. The Hall–Kier alpha value is -2.08. The summed E-state index contributed by atoms with van der Waals surface area (Å²) in [6.45, 7) is 0. The molecule has 0 unspecified atom stereocenters. The maximum atomic E-state index is 10.8. The van der Waals surface area contributed by atoms with Gasteiger partial charge in [0.1, 0.15) is 0 Å². The van der Waals surface area contributed by atoms with Gasteiger partial charge in [0.2, 0.25) is 0 Å². The maximum Gasteiger partial charge on any atom is 0.337 e. The predicted molar refractivity (Wildman–Crippen MR) is 63.2 cm³/mol. The van der Waals surface area contributed by atoms with Gasteiger partial charge in [0.25, 0.3) is 0 Å². The van der Waals surface area contributed by atoms with Crippen molar-refractivity contribution in [2.45, 2.75) is 0 Å². The number of pyridine rings is 1. The van der Waals surface area contributed by atoms with Gasteiger partial charge in [0, 0.05) is 11.6 Å². The van der Waals surface area contributed by atoms with Crippen molar-refractivity contribution in [1.29, 1.82) is 0 Å². The van der Waals surface area contributed by atoms with Crippen LogP contribution in [0.25, 0.3) is 0 Å². The van der Waals surface area contributed by atoms with Gasteiger partial charge in [-0.25, -0.2) is 9.78 Å². The van der Waals surface area contributed by atoms with Gasteiger partial charge in [-0.2, -0.15) is 11.3 Å². The Kier molecular flexibility index (Phi) is 2.74. The molecular weight excluding hydrogens is 226 g/mol. The molecular formula is C10H9N3O2S. The van der Waals surface area contributed by atoms with Crippen LogP contribution in [0, 0.1) is 0 Å². The van der Waals surface area contributed by atoms with Crippen molar-refractivity contribution in [2.24, 2.45) is 0 Å². The van der Waals surface area contributed by atoms with Crippen molar-refractivity contribution in [3.63, 3.8) is 0 Å². The Morgan fingerprint density at radius 2 is 2.31 bits per heavy atom. The summed E-state index contributed by atoms with van der Waals surface area (Å²) < 4.78 is 0. The molecule has 0 bridgehead atoms. The zero-order chi connectivity index (χ0) is 11.5. The number of thiophene rings is 1. The molecule has 0 atom stereocenters. The Bertz CT molecular complexity index is 511. The van der Waals surface area contributed by atoms with Gasteiger partial charge in [-0.15, -0.1) is 0 Å². The number of hydrogen-bond acceptors (Lipinski definition) is 5. The smallest absolute Gasteiger partial charge is 0.337 e. The molecule has 6 heteroatoms. The fraction of sp³-hybridized carbons (Fsp3) is 0. The van der Waals surface area contributed by atoms with E-state index >= 15 is 0 Å². The molecule has 5 nitrogen and oxygen atoms in total. The summed E-state index contributed by atoms with van der Waals surface area (Å²) >= 11 is 1.53. The third-order valence-electron chi connectivity index (χ3n) is 2.00. The third kappa shape index (κ3) is 1.96. The fourth-order valence-electron chi connectivity index (χ4n) is 1.23. The van der Waals surface area contributed by atoms with Gasteiger partial charge < -0.3 is 16.2 Å². The number of hydrogen-bond donors (Lipinski definition) is 3. The molecule has 4 N–H and O–H groups in total. The van der Waals surface area contributed by atoms with Crippen molar-refractivity contribution < 1.29 is 9.90 Å². The lowest BCUT2D eigenvalue weighted by atomic mass is 10.2. The molecule has 2 aromatic heterocycles. The number of rotatable bonds is 3. The van der Waals surface area contributed by atoms with Gasteiger partial charge >= 0.3 is 5.97 Å². The molecule has 0 aliphatic carbocycles. The first kappa shape index (κ1) is 10.4. The fourth-order valence-corrected chi connectivity index (χ4v) is 1.82. The summed E-state index contributed by atoms with van der Waals surface area (Å²) in [6.07, 6.45) is 1.41. The van der Waals surface area contributed by atoms with Crippen LogP contribution in [-0.4, -0.2) is 16.1 Å². The molecule has 2 heterocycles. The normalized spacial score (nSPS) is 10.0. The minimum atomic E-state index is -1.06. The summed E-state index contributed by atoms with van der Waals surface area (Å²) in [4.78, 5) is 14.8. The minimum Gasteiger partial charge on any atom is -0.478 e. The minimum absolute atomic E-state index is 0.0488. The second kappa shape index (κ2) is 4.19. The number of nitrogens with one attached hydrogen (secondary N) is 1. The molecule has 16 heavy (non-hydrogen) atoms. The molecule has 0 saturated heterocycles. The van der Waals surface area contributed by atoms with E-state index in [9.17, 15) is 4.79 Å². The number of carboxylic acid groups (broad SMARTS) is 1. The van der Waals surface area contributed by atoms with Crippen LogP contribution in [0.3, 0.4) is 0 Å². The number of carboxylic acids is 1. The van der Waals surface area contributed by atoms with Gasteiger partial charge in [-0.3, -0.25) is 0 Å². The lowest BCUT2D eigenvalue weighted by Crippen LogP contribution is -2.06. The first-order valence-electron chi connectivity index (χ1n) is 4.45. The van der Waals surface area contributed by atoms with Gasteiger partial charge in [0.05, 0.1) is 16.9 Å². The van der Waals surface area contributed by atoms with Crippen molar-refractivity contribution in [2.75, 3.05) is 11.1 Å². The highest BCUT2D eigenvalue weighted by molar-refractivity contribution is 7.08. The first-order valence-corrected chi connectivity index (χ1v) is 5.40. The summed E-state index contributed by atoms with van der Waals surface area (Å²) in [5.41, 5.74) is 6.73. The highest BCUT2D eigenvalue weighted by Crippen LogP contribution is 2.24. The van der Waals surface area contributed by atoms with Crippen LogP contribution in [0.5, 0.6) is 0 Å². The predicted octanol–water partition coefficient (Wildman–Crippen LogP) is 2.17. The highest BCUT2D eigenvalue weighted by Gasteiger charge is 2.12. The average molecular weight is 235 g/mol. The zero-order valence-corrected chi connectivity index (χ0v) is 8.99. The van der Waals surface area contributed by atoms with Crippen LogP contribution >= 0.6 is 11.3 Å². The van der Waals surface area contributed by atoms with Crippen molar-refractivity contribution in [3.05, 3.63) is 34.7 Å². The Morgan fingerprint density at radius 1 is 1.50 bits per heavy atom. The molecule has 0 aliphatic heterocycles. The summed E-state index contributed by atoms with van der Waals surface area (Å²) in [6, 6.07) is 3.23. The molecule has 0 spiro atoms. The van der Waals surface area contributed by atoms with E-state index in [1.165, 1.54) is 23.6 Å². The second-order valence-corrected chi connectivity index (χ2v) is 3.84. The van der Waals surface area contributed by atoms with Crippen LogP contribution in [-0.2, 0) is 0 Å². The van der Waals surface area contributed by atoms with E-state index in [1.807, 2.05) is 16.8 Å². The third-order valence-corrected chi connectivity index (χ3v) is 2.69. The van der Waals surface area contributed by atoms with Crippen LogP contribution in [0.15, 0.2) is 29.1 Å². The van der Waals surface area contributed by atoms with Crippen molar-refractivity contribution >= 4 is 34.5 Å². The number of nitrogens with zero attached hydrogens (tertiary/aromatic N) is 1. The van der Waals surface area contributed by atoms with Crippen LogP contribution in [0.2, 0.25) is 0 Å². The quantitative estimate of drug-likeness (QED) is 0.758. The molecule has 2 rings (SSSR count). The van der Waals surface area contributed by atoms with Crippen LogP contribution < -0.4 is 11.1 Å². The monoisotopic (exact) mass is 235 g/mol. The number of aromatic carboxylic acids is 1. The summed E-state index contributed by atoms with van der Waals surface area (Å²) in [5, 5.41) is 15.6. The standard InChI is InChI=1S/C10H9N3O2S/c11-8-7(10(14)15)1-3-12-9(8)13-6-2-4-16-5-6/h1-5H,11H2,(H,12,13)(H,14,15). The molecule has 0 fully saturated rings. The number of carbonyl (C=O) groups is 1. The summed E-state index contributed by atoms with van der Waals surface area (Å²) in [7, 11) is 0. The van der Waals surface area contributed by atoms with E-state index in [1.54, 1.807) is 0 Å². The van der Waals surface area contributed by atoms with Crippen LogP contribution in [0.1, 0.15) is 10.4 Å². The topological polar surface area (TPSA) is 88.2 Å². The largest absolute Gasteiger partial charge is 0.478 e. The number of anilines is 3. The highest BCUT2D eigenvalue weighted by atomic mass is 32.1. The van der Waals surface area contributed by atoms with Crippen LogP contribution in [0.4, 0.5) is 17.2 Å². The lowest BCUT2D eigenvalue weighted by Gasteiger charge is -2.08. The number of aromatic nitrogens is 1. The van der Waals surface area contributed by atoms with E-state index in [4.69, 9.17) is 10.8 Å². The van der Waals surface area contributed by atoms with E-state index in [0.29, 0.717) is 5.82 Å². The Labute approximate surface area is 95.6 Å². The average Bonchev–Trinajstić information content (AvgIpc) is 2.73.